The van der Waals surface area contributed by atoms with Crippen LogP contribution < -0.4 is 11.1 Å². The predicted octanol–water partition coefficient (Wildman–Crippen LogP) is 1.08. The third-order valence-electron chi connectivity index (χ3n) is 3.63. The van der Waals surface area contributed by atoms with Crippen LogP contribution in [0.25, 0.3) is 0 Å². The summed E-state index contributed by atoms with van der Waals surface area (Å²) in [7, 11) is 0. The Morgan fingerprint density at radius 2 is 1.94 bits per heavy atom. The Labute approximate surface area is 109 Å². The normalized spacial score (nSPS) is 22.6. The zero-order valence-electron chi connectivity index (χ0n) is 10.2. The molecule has 2 aliphatic rings. The zero-order chi connectivity index (χ0) is 11.4. The van der Waals surface area contributed by atoms with Crippen molar-refractivity contribution in [1.29, 1.82) is 0 Å². The molecule has 2 fully saturated rings. The minimum atomic E-state index is -0.344. The average molecular weight is 263 g/mol. The highest BCUT2D eigenvalue weighted by Crippen LogP contribution is 2.31. The molecule has 0 spiro atoms. The van der Waals surface area contributed by atoms with Gasteiger partial charge in [0.2, 0.25) is 5.91 Å². The van der Waals surface area contributed by atoms with Gasteiger partial charge in [0.1, 0.15) is 0 Å². The van der Waals surface area contributed by atoms with Gasteiger partial charge in [-0.05, 0) is 31.1 Å². The van der Waals surface area contributed by atoms with Gasteiger partial charge in [0, 0.05) is 19.8 Å². The highest BCUT2D eigenvalue weighted by molar-refractivity contribution is 5.85. The molecule has 1 aliphatic heterocycles. The van der Waals surface area contributed by atoms with E-state index in [9.17, 15) is 4.79 Å². The second-order valence-electron chi connectivity index (χ2n) is 5.00. The molecular weight excluding hydrogens is 240 g/mol. The van der Waals surface area contributed by atoms with Gasteiger partial charge in [-0.3, -0.25) is 4.79 Å². The van der Waals surface area contributed by atoms with E-state index in [0.29, 0.717) is 5.92 Å². The molecule has 100 valence electrons. The maximum atomic E-state index is 11.8. The molecule has 1 aliphatic carbocycles. The molecule has 1 amide bonds. The Morgan fingerprint density at radius 3 is 2.53 bits per heavy atom. The lowest BCUT2D eigenvalue weighted by Crippen LogP contribution is -2.47. The van der Waals surface area contributed by atoms with Gasteiger partial charge in [-0.2, -0.15) is 0 Å². The number of carbonyl (C=O) groups excluding carboxylic acids is 1. The minimum absolute atomic E-state index is 0. The van der Waals surface area contributed by atoms with Crippen molar-refractivity contribution >= 4 is 18.3 Å². The van der Waals surface area contributed by atoms with Crippen LogP contribution in [0.5, 0.6) is 0 Å². The molecule has 1 saturated carbocycles. The van der Waals surface area contributed by atoms with E-state index in [1.807, 2.05) is 0 Å². The van der Waals surface area contributed by atoms with Gasteiger partial charge in [0.05, 0.1) is 6.04 Å². The largest absolute Gasteiger partial charge is 0.381 e. The van der Waals surface area contributed by atoms with Crippen molar-refractivity contribution in [2.75, 3.05) is 19.8 Å². The van der Waals surface area contributed by atoms with Crippen LogP contribution in [-0.2, 0) is 9.53 Å². The fourth-order valence-corrected chi connectivity index (χ4v) is 2.21. The van der Waals surface area contributed by atoms with Crippen LogP contribution in [0.2, 0.25) is 0 Å². The second kappa shape index (κ2) is 7.19. The molecule has 1 heterocycles. The van der Waals surface area contributed by atoms with E-state index < -0.39 is 0 Å². The quantitative estimate of drug-likeness (QED) is 0.779. The maximum Gasteiger partial charge on any atom is 0.237 e. The highest BCUT2D eigenvalue weighted by atomic mass is 35.5. The first-order chi connectivity index (χ1) is 7.77. The fourth-order valence-electron chi connectivity index (χ4n) is 2.21. The molecule has 2 rings (SSSR count). The molecule has 0 aromatic carbocycles. The Bertz CT molecular complexity index is 241. The summed E-state index contributed by atoms with van der Waals surface area (Å²) in [5, 5.41) is 2.95. The monoisotopic (exact) mass is 262 g/mol. The van der Waals surface area contributed by atoms with Crippen LogP contribution in [-0.4, -0.2) is 31.7 Å². The summed E-state index contributed by atoms with van der Waals surface area (Å²) in [6.07, 6.45) is 5.62. The summed E-state index contributed by atoms with van der Waals surface area (Å²) in [5.41, 5.74) is 5.96. The number of nitrogens with one attached hydrogen (secondary N) is 1. The molecule has 0 bridgehead atoms. The predicted molar refractivity (Wildman–Crippen MR) is 69.1 cm³/mol. The SMILES string of the molecule is Cl.NC(C(=O)NCCC1CC1)C1CCOCC1. The third-order valence-corrected chi connectivity index (χ3v) is 3.63. The first-order valence-electron chi connectivity index (χ1n) is 6.38. The number of rotatable bonds is 5. The molecule has 4 nitrogen and oxygen atoms in total. The summed E-state index contributed by atoms with van der Waals surface area (Å²) >= 11 is 0. The molecule has 0 aromatic heterocycles. The molecule has 0 aromatic rings. The number of hydrogen-bond acceptors (Lipinski definition) is 3. The third kappa shape index (κ3) is 4.82. The van der Waals surface area contributed by atoms with Gasteiger partial charge < -0.3 is 15.8 Å². The van der Waals surface area contributed by atoms with Crippen molar-refractivity contribution in [3.63, 3.8) is 0 Å². The van der Waals surface area contributed by atoms with Crippen molar-refractivity contribution in [2.24, 2.45) is 17.6 Å². The van der Waals surface area contributed by atoms with E-state index in [4.69, 9.17) is 10.5 Å². The molecule has 5 heteroatoms. The summed E-state index contributed by atoms with van der Waals surface area (Å²) in [6, 6.07) is -0.344. The molecule has 1 unspecified atom stereocenters. The molecule has 3 N–H and O–H groups in total. The van der Waals surface area contributed by atoms with Crippen LogP contribution in [0.3, 0.4) is 0 Å². The van der Waals surface area contributed by atoms with Crippen LogP contribution >= 0.6 is 12.4 Å². The lowest BCUT2D eigenvalue weighted by atomic mass is 9.92. The van der Waals surface area contributed by atoms with Gasteiger partial charge in [-0.15, -0.1) is 12.4 Å². The molecule has 1 saturated heterocycles. The van der Waals surface area contributed by atoms with Crippen molar-refractivity contribution in [2.45, 2.75) is 38.1 Å². The zero-order valence-corrected chi connectivity index (χ0v) is 11.0. The lowest BCUT2D eigenvalue weighted by molar-refractivity contribution is -0.124. The Kier molecular flexibility index (Phi) is 6.23. The van der Waals surface area contributed by atoms with Crippen molar-refractivity contribution in [3.05, 3.63) is 0 Å². The highest BCUT2D eigenvalue weighted by Gasteiger charge is 2.27. The first-order valence-corrected chi connectivity index (χ1v) is 6.38. The van der Waals surface area contributed by atoms with Gasteiger partial charge >= 0.3 is 0 Å². The van der Waals surface area contributed by atoms with E-state index in [1.165, 1.54) is 12.8 Å². The summed E-state index contributed by atoms with van der Waals surface area (Å²) in [5.74, 6) is 1.18. The fraction of sp³-hybridized carbons (Fsp3) is 0.917. The van der Waals surface area contributed by atoms with Gasteiger partial charge in [-0.25, -0.2) is 0 Å². The molecule has 0 radical (unpaired) electrons. The van der Waals surface area contributed by atoms with E-state index in [1.54, 1.807) is 0 Å². The van der Waals surface area contributed by atoms with Gasteiger partial charge in [0.15, 0.2) is 0 Å². The number of carbonyl (C=O) groups is 1. The molecule has 17 heavy (non-hydrogen) atoms. The van der Waals surface area contributed by atoms with E-state index in [-0.39, 0.29) is 24.4 Å². The second-order valence-corrected chi connectivity index (χ2v) is 5.00. The van der Waals surface area contributed by atoms with Crippen molar-refractivity contribution < 1.29 is 9.53 Å². The van der Waals surface area contributed by atoms with Gasteiger partial charge in [-0.1, -0.05) is 12.8 Å². The van der Waals surface area contributed by atoms with Crippen molar-refractivity contribution in [1.82, 2.24) is 5.32 Å². The number of nitrogens with two attached hydrogens (primary N) is 1. The van der Waals surface area contributed by atoms with E-state index >= 15 is 0 Å². The van der Waals surface area contributed by atoms with E-state index in [0.717, 1.165) is 44.9 Å². The maximum absolute atomic E-state index is 11.8. The number of halogens is 1. The number of hydrogen-bond donors (Lipinski definition) is 2. The Hall–Kier alpha value is -0.320. The summed E-state index contributed by atoms with van der Waals surface area (Å²) in [6.45, 7) is 2.28. The smallest absolute Gasteiger partial charge is 0.237 e. The summed E-state index contributed by atoms with van der Waals surface area (Å²) < 4.78 is 5.26. The standard InChI is InChI=1S/C12H22N2O2.ClH/c13-11(10-4-7-16-8-5-10)12(15)14-6-3-9-1-2-9;/h9-11H,1-8,13H2,(H,14,15);1H. The average Bonchev–Trinajstić information content (AvgIpc) is 3.13. The van der Waals surface area contributed by atoms with Crippen LogP contribution in [0.1, 0.15) is 32.1 Å². The minimum Gasteiger partial charge on any atom is -0.381 e. The Morgan fingerprint density at radius 1 is 1.29 bits per heavy atom. The lowest BCUT2D eigenvalue weighted by Gasteiger charge is -2.26. The van der Waals surface area contributed by atoms with E-state index in [2.05, 4.69) is 5.32 Å². The van der Waals surface area contributed by atoms with Gasteiger partial charge in [0.25, 0.3) is 0 Å². The number of ether oxygens (including phenoxy) is 1. The first kappa shape index (κ1) is 14.7. The Balaban J connectivity index is 0.00000144. The topological polar surface area (TPSA) is 64.4 Å². The molecule has 1 atom stereocenters. The van der Waals surface area contributed by atoms with Crippen LogP contribution in [0, 0.1) is 11.8 Å². The van der Waals surface area contributed by atoms with Crippen LogP contribution in [0.4, 0.5) is 0 Å². The summed E-state index contributed by atoms with van der Waals surface area (Å²) in [4.78, 5) is 11.8. The van der Waals surface area contributed by atoms with Crippen LogP contribution in [0.15, 0.2) is 0 Å². The van der Waals surface area contributed by atoms with Crippen molar-refractivity contribution in [3.8, 4) is 0 Å². The molecular formula is C12H23ClN2O2. The number of amides is 1.